The summed E-state index contributed by atoms with van der Waals surface area (Å²) in [5.74, 6) is 0.0841. The van der Waals surface area contributed by atoms with E-state index in [-0.39, 0.29) is 11.9 Å². The van der Waals surface area contributed by atoms with Gasteiger partial charge in [-0.1, -0.05) is 0 Å². The van der Waals surface area contributed by atoms with Crippen LogP contribution in [0.3, 0.4) is 0 Å². The summed E-state index contributed by atoms with van der Waals surface area (Å²) in [5, 5.41) is 2.78. The standard InChI is InChI=1S/C12H17N3OS/c1-10-9-14(2)6-7-15(10)12(16)4-3-11-13-5-8-17-11/h3-5,8,10H,6-7,9H2,1-2H3/b4-3+. The molecule has 0 bridgehead atoms. The smallest absolute Gasteiger partial charge is 0.246 e. The SMILES string of the molecule is CC1CN(C)CCN1C(=O)/C=C/c1nccs1. The van der Waals surface area contributed by atoms with Gasteiger partial charge in [0.15, 0.2) is 0 Å². The fraction of sp³-hybridized carbons (Fsp3) is 0.500. The van der Waals surface area contributed by atoms with Gasteiger partial charge in [-0.2, -0.15) is 0 Å². The van der Waals surface area contributed by atoms with E-state index in [2.05, 4.69) is 23.9 Å². The molecule has 0 aliphatic carbocycles. The van der Waals surface area contributed by atoms with Gasteiger partial charge in [0.1, 0.15) is 5.01 Å². The molecule has 1 saturated heterocycles. The number of amides is 1. The molecule has 1 aliphatic heterocycles. The van der Waals surface area contributed by atoms with Crippen molar-refractivity contribution in [2.75, 3.05) is 26.7 Å². The average molecular weight is 251 g/mol. The minimum Gasteiger partial charge on any atom is -0.334 e. The van der Waals surface area contributed by atoms with E-state index in [0.717, 1.165) is 24.6 Å². The number of hydrogen-bond acceptors (Lipinski definition) is 4. The van der Waals surface area contributed by atoms with Gasteiger partial charge in [0.05, 0.1) is 0 Å². The number of hydrogen-bond donors (Lipinski definition) is 0. The molecule has 2 rings (SSSR count). The summed E-state index contributed by atoms with van der Waals surface area (Å²) in [6, 6.07) is 0.280. The Bertz CT molecular complexity index is 402. The average Bonchev–Trinajstić information content (AvgIpc) is 2.78. The fourth-order valence-electron chi connectivity index (χ4n) is 2.02. The van der Waals surface area contributed by atoms with Crippen LogP contribution in [-0.2, 0) is 4.79 Å². The van der Waals surface area contributed by atoms with E-state index in [1.54, 1.807) is 18.3 Å². The molecule has 4 nitrogen and oxygen atoms in total. The largest absolute Gasteiger partial charge is 0.334 e. The van der Waals surface area contributed by atoms with E-state index < -0.39 is 0 Å². The highest BCUT2D eigenvalue weighted by atomic mass is 32.1. The van der Waals surface area contributed by atoms with Gasteiger partial charge in [0.2, 0.25) is 5.91 Å². The minimum atomic E-state index is 0.0841. The van der Waals surface area contributed by atoms with Crippen molar-refractivity contribution in [3.63, 3.8) is 0 Å². The first-order valence-corrected chi connectivity index (χ1v) is 6.61. The molecule has 1 fully saturated rings. The van der Waals surface area contributed by atoms with E-state index >= 15 is 0 Å². The maximum absolute atomic E-state index is 12.0. The summed E-state index contributed by atoms with van der Waals surface area (Å²) >= 11 is 1.54. The second-order valence-corrected chi connectivity index (χ2v) is 5.27. The molecule has 1 aromatic rings. The van der Waals surface area contributed by atoms with E-state index in [1.165, 1.54) is 11.3 Å². The molecule has 1 aliphatic rings. The first-order chi connectivity index (χ1) is 8.16. The molecule has 0 radical (unpaired) electrons. The van der Waals surface area contributed by atoms with E-state index in [4.69, 9.17) is 0 Å². The van der Waals surface area contributed by atoms with Crippen molar-refractivity contribution in [1.82, 2.24) is 14.8 Å². The molecule has 0 saturated carbocycles. The number of thiazole rings is 1. The molecule has 0 aromatic carbocycles. The highest BCUT2D eigenvalue weighted by Gasteiger charge is 2.23. The molecule has 0 N–H and O–H groups in total. The number of rotatable bonds is 2. The van der Waals surface area contributed by atoms with Crippen molar-refractivity contribution in [2.45, 2.75) is 13.0 Å². The number of piperazine rings is 1. The zero-order chi connectivity index (χ0) is 12.3. The topological polar surface area (TPSA) is 36.4 Å². The van der Waals surface area contributed by atoms with Crippen molar-refractivity contribution < 1.29 is 4.79 Å². The van der Waals surface area contributed by atoms with Crippen molar-refractivity contribution in [1.29, 1.82) is 0 Å². The number of carbonyl (C=O) groups excluding carboxylic acids is 1. The lowest BCUT2D eigenvalue weighted by molar-refractivity contribution is -0.129. The summed E-state index contributed by atoms with van der Waals surface area (Å²) in [5.41, 5.74) is 0. The molecule has 5 heteroatoms. The van der Waals surface area contributed by atoms with Gasteiger partial charge >= 0.3 is 0 Å². The molecular weight excluding hydrogens is 234 g/mol. The van der Waals surface area contributed by atoms with Crippen molar-refractivity contribution in [2.24, 2.45) is 0 Å². The van der Waals surface area contributed by atoms with E-state index in [1.807, 2.05) is 10.3 Å². The van der Waals surface area contributed by atoms with Crippen molar-refractivity contribution >= 4 is 23.3 Å². The maximum Gasteiger partial charge on any atom is 0.246 e. The van der Waals surface area contributed by atoms with Crippen LogP contribution in [0.25, 0.3) is 6.08 Å². The first kappa shape index (κ1) is 12.3. The third-order valence-electron chi connectivity index (χ3n) is 2.93. The predicted octanol–water partition coefficient (Wildman–Crippen LogP) is 1.32. The third-order valence-corrected chi connectivity index (χ3v) is 3.67. The second kappa shape index (κ2) is 5.42. The Labute approximate surface area is 106 Å². The van der Waals surface area contributed by atoms with Gasteiger partial charge in [-0.25, -0.2) is 4.98 Å². The summed E-state index contributed by atoms with van der Waals surface area (Å²) in [6.45, 7) is 4.78. The molecule has 92 valence electrons. The first-order valence-electron chi connectivity index (χ1n) is 5.73. The lowest BCUT2D eigenvalue weighted by Crippen LogP contribution is -2.52. The van der Waals surface area contributed by atoms with Gasteiger partial charge in [0, 0.05) is 43.3 Å². The normalized spacial score (nSPS) is 22.2. The lowest BCUT2D eigenvalue weighted by Gasteiger charge is -2.37. The zero-order valence-electron chi connectivity index (χ0n) is 10.2. The molecule has 1 amide bonds. The van der Waals surface area contributed by atoms with Gasteiger partial charge in [-0.15, -0.1) is 11.3 Å². The molecule has 0 spiro atoms. The number of nitrogens with zero attached hydrogens (tertiary/aromatic N) is 3. The highest BCUT2D eigenvalue weighted by Crippen LogP contribution is 2.10. The maximum atomic E-state index is 12.0. The van der Waals surface area contributed by atoms with Gasteiger partial charge < -0.3 is 9.80 Å². The lowest BCUT2D eigenvalue weighted by atomic mass is 10.2. The van der Waals surface area contributed by atoms with Crippen molar-refractivity contribution in [3.05, 3.63) is 22.7 Å². The molecular formula is C12H17N3OS. The fourth-order valence-corrected chi connectivity index (χ4v) is 2.55. The van der Waals surface area contributed by atoms with Crippen LogP contribution in [0.4, 0.5) is 0 Å². The number of likely N-dealkylation sites (N-methyl/N-ethyl adjacent to an activating group) is 1. The molecule has 1 unspecified atom stereocenters. The van der Waals surface area contributed by atoms with Gasteiger partial charge in [-0.3, -0.25) is 4.79 Å². The molecule has 17 heavy (non-hydrogen) atoms. The van der Waals surface area contributed by atoms with Crippen LogP contribution < -0.4 is 0 Å². The number of aromatic nitrogens is 1. The number of carbonyl (C=O) groups is 1. The summed E-state index contributed by atoms with van der Waals surface area (Å²) in [6.07, 6.45) is 5.16. The zero-order valence-corrected chi connectivity index (χ0v) is 11.0. The van der Waals surface area contributed by atoms with Crippen molar-refractivity contribution in [3.8, 4) is 0 Å². The van der Waals surface area contributed by atoms with Crippen LogP contribution >= 0.6 is 11.3 Å². The predicted molar refractivity (Wildman–Crippen MR) is 69.8 cm³/mol. The van der Waals surface area contributed by atoms with Crippen LogP contribution in [-0.4, -0.2) is 53.4 Å². The van der Waals surface area contributed by atoms with Gasteiger partial charge in [0.25, 0.3) is 0 Å². The second-order valence-electron chi connectivity index (χ2n) is 4.35. The Morgan fingerprint density at radius 3 is 3.06 bits per heavy atom. The van der Waals surface area contributed by atoms with Crippen LogP contribution in [0.15, 0.2) is 17.7 Å². The Morgan fingerprint density at radius 2 is 2.41 bits per heavy atom. The van der Waals surface area contributed by atoms with Crippen LogP contribution in [0, 0.1) is 0 Å². The Hall–Kier alpha value is -1.20. The van der Waals surface area contributed by atoms with E-state index in [0.29, 0.717) is 0 Å². The summed E-state index contributed by atoms with van der Waals surface area (Å²) in [7, 11) is 2.09. The highest BCUT2D eigenvalue weighted by molar-refractivity contribution is 7.10. The van der Waals surface area contributed by atoms with Gasteiger partial charge in [-0.05, 0) is 20.0 Å². The molecule has 1 aromatic heterocycles. The summed E-state index contributed by atoms with van der Waals surface area (Å²) in [4.78, 5) is 20.3. The quantitative estimate of drug-likeness (QED) is 0.744. The summed E-state index contributed by atoms with van der Waals surface area (Å²) < 4.78 is 0. The Morgan fingerprint density at radius 1 is 1.59 bits per heavy atom. The van der Waals surface area contributed by atoms with E-state index in [9.17, 15) is 4.79 Å². The Balaban J connectivity index is 1.96. The third kappa shape index (κ3) is 3.14. The Kier molecular flexibility index (Phi) is 3.91. The minimum absolute atomic E-state index is 0.0841. The van der Waals surface area contributed by atoms with Crippen LogP contribution in [0.2, 0.25) is 0 Å². The molecule has 2 heterocycles. The monoisotopic (exact) mass is 251 g/mol. The molecule has 1 atom stereocenters. The van der Waals surface area contributed by atoms with Crippen LogP contribution in [0.1, 0.15) is 11.9 Å². The van der Waals surface area contributed by atoms with Crippen LogP contribution in [0.5, 0.6) is 0 Å².